The van der Waals surface area contributed by atoms with Crippen LogP contribution in [0.5, 0.6) is 0 Å². The second-order valence-corrected chi connectivity index (χ2v) is 4.51. The van der Waals surface area contributed by atoms with Gasteiger partial charge in [-0.05, 0) is 12.1 Å². The molecule has 2 aromatic rings. The van der Waals surface area contributed by atoms with Gasteiger partial charge in [0.25, 0.3) is 0 Å². The monoisotopic (exact) mass is 329 g/mol. The fourth-order valence-corrected chi connectivity index (χ4v) is 1.79. The van der Waals surface area contributed by atoms with Crippen LogP contribution < -0.4 is 11.1 Å². The van der Waals surface area contributed by atoms with E-state index in [0.717, 1.165) is 0 Å². The highest BCUT2D eigenvalue weighted by molar-refractivity contribution is 6.46. The quantitative estimate of drug-likeness (QED) is 0.276. The van der Waals surface area contributed by atoms with Crippen LogP contribution in [0.1, 0.15) is 11.3 Å². The Labute approximate surface area is 137 Å². The minimum atomic E-state index is -1.21. The minimum absolute atomic E-state index is 0.0236. The van der Waals surface area contributed by atoms with Gasteiger partial charge in [0.05, 0.1) is 5.69 Å². The molecule has 1 amide bonds. The van der Waals surface area contributed by atoms with Crippen molar-refractivity contribution in [1.29, 1.82) is 0 Å². The summed E-state index contributed by atoms with van der Waals surface area (Å²) in [7, 11) is 0. The number of hydrogen-bond acceptors (Lipinski definition) is 6. The van der Waals surface area contributed by atoms with E-state index in [0.29, 0.717) is 11.3 Å². The number of carboxylic acid groups (broad SMARTS) is 1. The van der Waals surface area contributed by atoms with Gasteiger partial charge in [-0.25, -0.2) is 9.78 Å². The number of nitrogens with two attached hydrogens (primary N) is 1. The predicted molar refractivity (Wildman–Crippen MR) is 87.1 cm³/mol. The average molecular weight is 329 g/mol. The van der Waals surface area contributed by atoms with Crippen LogP contribution in [0.2, 0.25) is 0 Å². The Morgan fingerprint density at radius 1 is 1.21 bits per heavy atom. The molecule has 0 saturated carbocycles. The van der Waals surface area contributed by atoms with Gasteiger partial charge < -0.3 is 20.9 Å². The lowest BCUT2D eigenvalue weighted by Crippen LogP contribution is -2.25. The topological polar surface area (TPSA) is 142 Å². The van der Waals surface area contributed by atoms with Crippen molar-refractivity contribution in [2.45, 2.75) is 6.61 Å². The third kappa shape index (κ3) is 4.70. The third-order valence-electron chi connectivity index (χ3n) is 2.81. The molecule has 0 aliphatic carbocycles. The van der Waals surface area contributed by atoms with Gasteiger partial charge in [-0.2, -0.15) is 0 Å². The molecule has 0 unspecified atom stereocenters. The summed E-state index contributed by atoms with van der Waals surface area (Å²) in [5.41, 5.74) is 6.84. The Morgan fingerprint density at radius 2 is 1.96 bits per heavy atom. The average Bonchev–Trinajstić information content (AvgIpc) is 2.58. The summed E-state index contributed by atoms with van der Waals surface area (Å²) >= 11 is 0. The van der Waals surface area contributed by atoms with Crippen molar-refractivity contribution in [3.63, 3.8) is 0 Å². The number of rotatable bonds is 6. The molecule has 124 valence electrons. The van der Waals surface area contributed by atoms with Crippen LogP contribution in [0, 0.1) is 0 Å². The van der Waals surface area contributed by atoms with Gasteiger partial charge in [0.15, 0.2) is 18.2 Å². The number of nitrogens with zero attached hydrogens (tertiary/aromatic N) is 3. The van der Waals surface area contributed by atoms with Crippen molar-refractivity contribution in [1.82, 2.24) is 4.98 Å². The molecule has 0 spiro atoms. The van der Waals surface area contributed by atoms with Crippen LogP contribution in [0.25, 0.3) is 0 Å². The molecule has 1 aromatic carbocycles. The zero-order chi connectivity index (χ0) is 17.4. The Kier molecular flexibility index (Phi) is 5.67. The minimum Gasteiger partial charge on any atom is -0.465 e. The molecule has 1 aromatic heterocycles. The second kappa shape index (κ2) is 8.13. The van der Waals surface area contributed by atoms with E-state index in [1.54, 1.807) is 36.4 Å². The maximum absolute atomic E-state index is 10.6. The van der Waals surface area contributed by atoms with Crippen molar-refractivity contribution < 1.29 is 19.9 Å². The number of carbonyl (C=O) groups is 1. The maximum atomic E-state index is 10.6. The Morgan fingerprint density at radius 3 is 2.62 bits per heavy atom. The third-order valence-corrected chi connectivity index (χ3v) is 2.81. The predicted octanol–water partition coefficient (Wildman–Crippen LogP) is 1.84. The van der Waals surface area contributed by atoms with Gasteiger partial charge >= 0.3 is 6.09 Å². The van der Waals surface area contributed by atoms with Gasteiger partial charge in [0, 0.05) is 5.56 Å². The van der Waals surface area contributed by atoms with E-state index < -0.39 is 6.09 Å². The molecule has 0 aliphatic heterocycles. The fraction of sp³-hybridized carbons (Fsp3) is 0.0667. The molecule has 9 nitrogen and oxygen atoms in total. The van der Waals surface area contributed by atoms with Crippen molar-refractivity contribution in [3.8, 4) is 0 Å². The zero-order valence-electron chi connectivity index (χ0n) is 12.5. The highest BCUT2D eigenvalue weighted by Crippen LogP contribution is 2.07. The van der Waals surface area contributed by atoms with E-state index in [2.05, 4.69) is 20.6 Å². The van der Waals surface area contributed by atoms with Crippen LogP contribution in [-0.2, 0) is 11.4 Å². The largest absolute Gasteiger partial charge is 0.465 e. The van der Waals surface area contributed by atoms with Gasteiger partial charge in [-0.3, -0.25) is 5.32 Å². The molecule has 2 rings (SSSR count). The molecule has 5 N–H and O–H groups in total. The first-order valence-corrected chi connectivity index (χ1v) is 6.79. The molecular weight excluding hydrogens is 314 g/mol. The summed E-state index contributed by atoms with van der Waals surface area (Å²) in [6.45, 7) is -0.0236. The summed E-state index contributed by atoms with van der Waals surface area (Å²) in [5, 5.41) is 26.5. The standard InChI is InChI=1S/C15H15N5O4/c16-14(19-23)13(10-5-2-1-3-6-10)20-24-9-11-7-4-8-12(17-11)18-15(21)22/h1-8,23H,9H2,(H2,16,19)(H,17,18)(H,21,22). The lowest BCUT2D eigenvalue weighted by Gasteiger charge is -2.06. The first-order chi connectivity index (χ1) is 11.6. The molecule has 0 aliphatic rings. The summed E-state index contributed by atoms with van der Waals surface area (Å²) < 4.78 is 0. The summed E-state index contributed by atoms with van der Waals surface area (Å²) in [5.74, 6) is -0.0252. The Balaban J connectivity index is 2.11. The van der Waals surface area contributed by atoms with Crippen LogP contribution in [0.15, 0.2) is 58.8 Å². The van der Waals surface area contributed by atoms with E-state index in [1.165, 1.54) is 6.07 Å². The molecule has 0 fully saturated rings. The first-order valence-electron chi connectivity index (χ1n) is 6.79. The van der Waals surface area contributed by atoms with Crippen LogP contribution >= 0.6 is 0 Å². The van der Waals surface area contributed by atoms with Crippen molar-refractivity contribution in [2.24, 2.45) is 16.0 Å². The molecule has 0 atom stereocenters. The summed E-state index contributed by atoms with van der Waals surface area (Å²) in [6, 6.07) is 13.6. The number of pyridine rings is 1. The zero-order valence-corrected chi connectivity index (χ0v) is 12.5. The van der Waals surface area contributed by atoms with Gasteiger partial charge in [-0.1, -0.05) is 46.7 Å². The van der Waals surface area contributed by atoms with E-state index in [9.17, 15) is 4.79 Å². The first kappa shape index (κ1) is 16.7. The smallest absolute Gasteiger partial charge is 0.410 e. The number of anilines is 1. The van der Waals surface area contributed by atoms with Crippen molar-refractivity contribution in [3.05, 3.63) is 59.8 Å². The molecule has 9 heteroatoms. The normalized spacial score (nSPS) is 11.8. The van der Waals surface area contributed by atoms with Crippen LogP contribution in [0.3, 0.4) is 0 Å². The molecule has 0 radical (unpaired) electrons. The Bertz CT molecular complexity index is 761. The van der Waals surface area contributed by atoms with Gasteiger partial charge in [0.1, 0.15) is 5.82 Å². The maximum Gasteiger partial charge on any atom is 0.410 e. The molecule has 0 bridgehead atoms. The summed E-state index contributed by atoms with van der Waals surface area (Å²) in [6.07, 6.45) is -1.21. The number of aromatic nitrogens is 1. The number of amidine groups is 1. The lowest BCUT2D eigenvalue weighted by atomic mass is 10.1. The van der Waals surface area contributed by atoms with E-state index in [4.69, 9.17) is 20.9 Å². The lowest BCUT2D eigenvalue weighted by molar-refractivity contribution is 0.128. The molecule has 0 saturated heterocycles. The summed E-state index contributed by atoms with van der Waals surface area (Å²) in [4.78, 5) is 19.8. The van der Waals surface area contributed by atoms with Gasteiger partial charge in [-0.15, -0.1) is 0 Å². The number of hydrogen-bond donors (Lipinski definition) is 4. The van der Waals surface area contributed by atoms with E-state index >= 15 is 0 Å². The number of amides is 1. The van der Waals surface area contributed by atoms with E-state index in [-0.39, 0.29) is 24.0 Å². The van der Waals surface area contributed by atoms with Crippen molar-refractivity contribution >= 4 is 23.5 Å². The number of nitrogens with one attached hydrogen (secondary N) is 1. The van der Waals surface area contributed by atoms with Gasteiger partial charge in [0.2, 0.25) is 0 Å². The van der Waals surface area contributed by atoms with Crippen molar-refractivity contribution in [2.75, 3.05) is 5.32 Å². The second-order valence-electron chi connectivity index (χ2n) is 4.51. The van der Waals surface area contributed by atoms with Crippen LogP contribution in [0.4, 0.5) is 10.6 Å². The molecular formula is C15H15N5O4. The number of benzene rings is 1. The number of oxime groups is 2. The Hall–Kier alpha value is -3.62. The molecule has 24 heavy (non-hydrogen) atoms. The highest BCUT2D eigenvalue weighted by Gasteiger charge is 2.10. The fourth-order valence-electron chi connectivity index (χ4n) is 1.79. The SMILES string of the molecule is NC(=NO)C(=NOCc1cccc(NC(=O)O)n1)c1ccccc1. The molecule has 1 heterocycles. The highest BCUT2D eigenvalue weighted by atomic mass is 16.6. The van der Waals surface area contributed by atoms with E-state index in [1.807, 2.05) is 6.07 Å². The van der Waals surface area contributed by atoms with Crippen LogP contribution in [-0.4, -0.2) is 32.9 Å².